The van der Waals surface area contributed by atoms with Gasteiger partial charge in [0, 0.05) is 35.2 Å². The molecule has 0 aliphatic rings. The maximum absolute atomic E-state index is 13.2. The van der Waals surface area contributed by atoms with Crippen LogP contribution < -0.4 is 5.32 Å². The summed E-state index contributed by atoms with van der Waals surface area (Å²) in [6.07, 6.45) is 0.905. The lowest BCUT2D eigenvalue weighted by molar-refractivity contribution is -0.141. The highest BCUT2D eigenvalue weighted by Crippen LogP contribution is 2.23. The molecule has 2 aromatic rings. The first-order chi connectivity index (χ1) is 14.8. The first-order valence-electron chi connectivity index (χ1n) is 10.8. The Morgan fingerprint density at radius 3 is 2.39 bits per heavy atom. The van der Waals surface area contributed by atoms with E-state index in [-0.39, 0.29) is 11.8 Å². The standard InChI is InChI=1S/C25H33ClN2O2S/c1-5-23(25(30)27-16-18(2)3)28(17-20-8-6-7-9-22(20)26)24(29)14-15-31-21-12-10-19(4)11-13-21/h6-13,18,23H,5,14-17H2,1-4H3,(H,27,30)/t23-/m1/s1. The molecule has 2 aromatic carbocycles. The lowest BCUT2D eigenvalue weighted by atomic mass is 10.1. The zero-order valence-electron chi connectivity index (χ0n) is 18.9. The Morgan fingerprint density at radius 1 is 1.10 bits per heavy atom. The van der Waals surface area contributed by atoms with Gasteiger partial charge < -0.3 is 10.2 Å². The summed E-state index contributed by atoms with van der Waals surface area (Å²) in [4.78, 5) is 28.9. The predicted molar refractivity (Wildman–Crippen MR) is 130 cm³/mol. The van der Waals surface area contributed by atoms with Gasteiger partial charge in [0.15, 0.2) is 0 Å². The normalized spacial score (nSPS) is 11.9. The van der Waals surface area contributed by atoms with Gasteiger partial charge in [0.2, 0.25) is 11.8 Å². The molecular weight excluding hydrogens is 428 g/mol. The molecule has 6 heteroatoms. The minimum Gasteiger partial charge on any atom is -0.354 e. The molecule has 0 aliphatic heterocycles. The summed E-state index contributed by atoms with van der Waals surface area (Å²) in [6.45, 7) is 9.01. The summed E-state index contributed by atoms with van der Waals surface area (Å²) >= 11 is 8.01. The number of nitrogens with zero attached hydrogens (tertiary/aromatic N) is 1. The van der Waals surface area contributed by atoms with E-state index in [9.17, 15) is 9.59 Å². The molecule has 4 nitrogen and oxygen atoms in total. The summed E-state index contributed by atoms with van der Waals surface area (Å²) in [7, 11) is 0. The number of halogens is 1. The van der Waals surface area contributed by atoms with Crippen molar-refractivity contribution in [1.29, 1.82) is 0 Å². The minimum absolute atomic E-state index is 0.0360. The Labute approximate surface area is 195 Å². The number of carbonyl (C=O) groups is 2. The van der Waals surface area contributed by atoms with Crippen molar-refractivity contribution in [3.8, 4) is 0 Å². The van der Waals surface area contributed by atoms with Gasteiger partial charge >= 0.3 is 0 Å². The van der Waals surface area contributed by atoms with E-state index in [1.807, 2.05) is 31.2 Å². The third-order valence-corrected chi connectivity index (χ3v) is 6.36. The largest absolute Gasteiger partial charge is 0.354 e. The van der Waals surface area contributed by atoms with Gasteiger partial charge in [-0.3, -0.25) is 9.59 Å². The number of carbonyl (C=O) groups excluding carboxylic acids is 2. The van der Waals surface area contributed by atoms with Crippen LogP contribution in [0.15, 0.2) is 53.4 Å². The molecule has 0 spiro atoms. The first-order valence-corrected chi connectivity index (χ1v) is 12.2. The third-order valence-electron chi connectivity index (χ3n) is 4.97. The lowest BCUT2D eigenvalue weighted by Crippen LogP contribution is -2.49. The van der Waals surface area contributed by atoms with E-state index in [2.05, 4.69) is 50.4 Å². The highest BCUT2D eigenvalue weighted by molar-refractivity contribution is 7.99. The first kappa shape index (κ1) is 25.3. The number of aryl methyl sites for hydroxylation is 1. The number of amides is 2. The number of benzene rings is 2. The van der Waals surface area contributed by atoms with Crippen molar-refractivity contribution in [2.75, 3.05) is 12.3 Å². The summed E-state index contributed by atoms with van der Waals surface area (Å²) in [6, 6.07) is 15.2. The van der Waals surface area contributed by atoms with Gasteiger partial charge in [-0.25, -0.2) is 0 Å². The van der Waals surface area contributed by atoms with Crippen LogP contribution in [0.4, 0.5) is 0 Å². The minimum atomic E-state index is -0.521. The van der Waals surface area contributed by atoms with E-state index >= 15 is 0 Å². The Kier molecular flexibility index (Phi) is 10.4. The molecule has 0 heterocycles. The summed E-state index contributed by atoms with van der Waals surface area (Å²) in [5.41, 5.74) is 2.06. The van der Waals surface area contributed by atoms with Gasteiger partial charge in [-0.2, -0.15) is 0 Å². The molecule has 0 unspecified atom stereocenters. The predicted octanol–water partition coefficient (Wildman–Crippen LogP) is 5.71. The number of nitrogens with one attached hydrogen (secondary N) is 1. The molecule has 1 atom stereocenters. The summed E-state index contributed by atoms with van der Waals surface area (Å²) in [5.74, 6) is 0.860. The monoisotopic (exact) mass is 460 g/mol. The van der Waals surface area contributed by atoms with Crippen LogP contribution in [0.3, 0.4) is 0 Å². The van der Waals surface area contributed by atoms with E-state index in [0.717, 1.165) is 10.5 Å². The highest BCUT2D eigenvalue weighted by Gasteiger charge is 2.28. The van der Waals surface area contributed by atoms with E-state index in [4.69, 9.17) is 11.6 Å². The molecular formula is C25H33ClN2O2S. The van der Waals surface area contributed by atoms with Crippen molar-refractivity contribution in [3.05, 3.63) is 64.7 Å². The van der Waals surface area contributed by atoms with Crippen molar-refractivity contribution >= 4 is 35.2 Å². The van der Waals surface area contributed by atoms with E-state index in [0.29, 0.717) is 42.6 Å². The Hall–Kier alpha value is -1.98. The topological polar surface area (TPSA) is 49.4 Å². The SMILES string of the molecule is CC[C@H](C(=O)NCC(C)C)N(Cc1ccccc1Cl)C(=O)CCSc1ccc(C)cc1. The van der Waals surface area contributed by atoms with Gasteiger partial charge in [-0.15, -0.1) is 11.8 Å². The fourth-order valence-electron chi connectivity index (χ4n) is 3.19. The second kappa shape index (κ2) is 12.8. The summed E-state index contributed by atoms with van der Waals surface area (Å²) in [5, 5.41) is 3.59. The number of hydrogen-bond acceptors (Lipinski definition) is 3. The lowest BCUT2D eigenvalue weighted by Gasteiger charge is -2.31. The number of thioether (sulfide) groups is 1. The second-order valence-corrected chi connectivity index (χ2v) is 9.66. The second-order valence-electron chi connectivity index (χ2n) is 8.09. The molecule has 0 bridgehead atoms. The molecule has 0 aliphatic carbocycles. The van der Waals surface area contributed by atoms with Crippen molar-refractivity contribution in [1.82, 2.24) is 10.2 Å². The van der Waals surface area contributed by atoms with Gasteiger partial charge in [-0.05, 0) is 43.0 Å². The zero-order chi connectivity index (χ0) is 22.8. The van der Waals surface area contributed by atoms with E-state index < -0.39 is 6.04 Å². The molecule has 0 fully saturated rings. The third kappa shape index (κ3) is 8.23. The molecule has 0 saturated heterocycles. The van der Waals surface area contributed by atoms with Crippen LogP contribution in [-0.2, 0) is 16.1 Å². The van der Waals surface area contributed by atoms with Crippen LogP contribution in [0.5, 0.6) is 0 Å². The van der Waals surface area contributed by atoms with Crippen molar-refractivity contribution in [2.45, 2.75) is 58.0 Å². The fourth-order valence-corrected chi connectivity index (χ4v) is 4.22. The van der Waals surface area contributed by atoms with Crippen molar-refractivity contribution < 1.29 is 9.59 Å². The van der Waals surface area contributed by atoms with Crippen LogP contribution in [0.1, 0.15) is 44.7 Å². The van der Waals surface area contributed by atoms with Gasteiger partial charge in [0.05, 0.1) is 0 Å². The zero-order valence-corrected chi connectivity index (χ0v) is 20.4. The fraction of sp³-hybridized carbons (Fsp3) is 0.440. The smallest absolute Gasteiger partial charge is 0.242 e. The molecule has 31 heavy (non-hydrogen) atoms. The molecule has 168 valence electrons. The maximum atomic E-state index is 13.2. The number of rotatable bonds is 11. The van der Waals surface area contributed by atoms with Crippen molar-refractivity contribution in [3.63, 3.8) is 0 Å². The highest BCUT2D eigenvalue weighted by atomic mass is 35.5. The Morgan fingerprint density at radius 2 is 1.77 bits per heavy atom. The maximum Gasteiger partial charge on any atom is 0.242 e. The molecule has 2 rings (SSSR count). The van der Waals surface area contributed by atoms with E-state index in [1.165, 1.54) is 5.56 Å². The average Bonchev–Trinajstić information content (AvgIpc) is 2.74. The van der Waals surface area contributed by atoms with Gasteiger partial charge in [0.1, 0.15) is 6.04 Å². The Balaban J connectivity index is 2.12. The van der Waals surface area contributed by atoms with Gasteiger partial charge in [-0.1, -0.05) is 68.3 Å². The van der Waals surface area contributed by atoms with Crippen LogP contribution in [0, 0.1) is 12.8 Å². The molecule has 0 saturated carbocycles. The molecule has 1 N–H and O–H groups in total. The Bertz CT molecular complexity index is 855. The van der Waals surface area contributed by atoms with Crippen LogP contribution in [0.25, 0.3) is 0 Å². The van der Waals surface area contributed by atoms with E-state index in [1.54, 1.807) is 16.7 Å². The average molecular weight is 461 g/mol. The van der Waals surface area contributed by atoms with Crippen LogP contribution >= 0.6 is 23.4 Å². The molecule has 2 amide bonds. The van der Waals surface area contributed by atoms with Gasteiger partial charge in [0.25, 0.3) is 0 Å². The van der Waals surface area contributed by atoms with Crippen LogP contribution in [0.2, 0.25) is 5.02 Å². The number of hydrogen-bond donors (Lipinski definition) is 1. The van der Waals surface area contributed by atoms with Crippen LogP contribution in [-0.4, -0.2) is 35.1 Å². The summed E-state index contributed by atoms with van der Waals surface area (Å²) < 4.78 is 0. The molecule has 0 radical (unpaired) electrons. The quantitative estimate of drug-likeness (QED) is 0.437. The van der Waals surface area contributed by atoms with Crippen molar-refractivity contribution in [2.24, 2.45) is 5.92 Å². The molecule has 0 aromatic heterocycles.